The first-order valence-electron chi connectivity index (χ1n) is 7.14. The highest BCUT2D eigenvalue weighted by Gasteiger charge is 2.32. The van der Waals surface area contributed by atoms with E-state index >= 15 is 0 Å². The third kappa shape index (κ3) is 3.21. The van der Waals surface area contributed by atoms with Gasteiger partial charge in [0.05, 0.1) is 0 Å². The number of hydrogen-bond acceptors (Lipinski definition) is 4. The molecule has 2 unspecified atom stereocenters. The highest BCUT2D eigenvalue weighted by molar-refractivity contribution is 5.75. The van der Waals surface area contributed by atoms with Crippen molar-refractivity contribution in [2.75, 3.05) is 45.9 Å². The van der Waals surface area contributed by atoms with E-state index in [9.17, 15) is 9.59 Å². The monoisotopic (exact) mass is 285 g/mol. The minimum Gasteiger partial charge on any atom is -0.480 e. The number of rotatable bonds is 3. The number of carbonyl (C=O) groups is 2. The van der Waals surface area contributed by atoms with E-state index in [1.807, 2.05) is 4.90 Å². The summed E-state index contributed by atoms with van der Waals surface area (Å²) in [5.41, 5.74) is 0. The molecule has 0 radical (unpaired) electrons. The van der Waals surface area contributed by atoms with E-state index in [1.165, 1.54) is 0 Å². The van der Waals surface area contributed by atoms with E-state index in [0.717, 1.165) is 6.42 Å². The van der Waals surface area contributed by atoms with Gasteiger partial charge in [0.25, 0.3) is 0 Å². The van der Waals surface area contributed by atoms with Gasteiger partial charge in [-0.1, -0.05) is 0 Å². The standard InChI is InChI=1S/C13H23N3O4/c1-10(12(18)19)14-4-6-15(7-5-14)13(20)16-3-2-11(8-16)9-17/h10-11,17H,2-9H2,1H3,(H,18,19). The number of piperazine rings is 1. The molecule has 0 saturated carbocycles. The van der Waals surface area contributed by atoms with Crippen LogP contribution in [0.2, 0.25) is 0 Å². The van der Waals surface area contributed by atoms with E-state index in [0.29, 0.717) is 39.3 Å². The van der Waals surface area contributed by atoms with Crippen LogP contribution in [0.1, 0.15) is 13.3 Å². The van der Waals surface area contributed by atoms with Gasteiger partial charge in [-0.3, -0.25) is 9.69 Å². The van der Waals surface area contributed by atoms with Gasteiger partial charge in [0, 0.05) is 51.8 Å². The van der Waals surface area contributed by atoms with Crippen molar-refractivity contribution in [3.63, 3.8) is 0 Å². The zero-order chi connectivity index (χ0) is 14.7. The molecule has 7 nitrogen and oxygen atoms in total. The molecule has 0 aromatic heterocycles. The number of aliphatic hydroxyl groups is 1. The van der Waals surface area contributed by atoms with Crippen molar-refractivity contribution < 1.29 is 19.8 Å². The molecule has 7 heteroatoms. The van der Waals surface area contributed by atoms with Crippen molar-refractivity contribution in [2.45, 2.75) is 19.4 Å². The van der Waals surface area contributed by atoms with Gasteiger partial charge in [-0.2, -0.15) is 0 Å². The number of amides is 2. The summed E-state index contributed by atoms with van der Waals surface area (Å²) in [5.74, 6) is -0.623. The van der Waals surface area contributed by atoms with Crippen molar-refractivity contribution in [1.82, 2.24) is 14.7 Å². The van der Waals surface area contributed by atoms with E-state index in [1.54, 1.807) is 16.7 Å². The van der Waals surface area contributed by atoms with Gasteiger partial charge in [0.1, 0.15) is 6.04 Å². The second-order valence-corrected chi connectivity index (χ2v) is 5.60. The third-order valence-electron chi connectivity index (χ3n) is 4.30. The number of hydrogen-bond donors (Lipinski definition) is 2. The molecule has 0 aromatic rings. The van der Waals surface area contributed by atoms with Gasteiger partial charge in [0.2, 0.25) is 0 Å². The average molecular weight is 285 g/mol. The summed E-state index contributed by atoms with van der Waals surface area (Å²) in [4.78, 5) is 28.7. The number of aliphatic carboxylic acids is 1. The SMILES string of the molecule is CC(C(=O)O)N1CCN(C(=O)N2CCC(CO)C2)CC1. The van der Waals surface area contributed by atoms with Crippen molar-refractivity contribution in [2.24, 2.45) is 5.92 Å². The van der Waals surface area contributed by atoms with Gasteiger partial charge in [-0.25, -0.2) is 4.79 Å². The second-order valence-electron chi connectivity index (χ2n) is 5.60. The van der Waals surface area contributed by atoms with E-state index in [4.69, 9.17) is 10.2 Å². The van der Waals surface area contributed by atoms with Crippen LogP contribution in [-0.4, -0.2) is 88.8 Å². The molecule has 2 fully saturated rings. The summed E-state index contributed by atoms with van der Waals surface area (Å²) >= 11 is 0. The third-order valence-corrected chi connectivity index (χ3v) is 4.30. The van der Waals surface area contributed by atoms with Crippen LogP contribution in [0.15, 0.2) is 0 Å². The molecule has 0 bridgehead atoms. The highest BCUT2D eigenvalue weighted by Crippen LogP contribution is 2.18. The first-order valence-corrected chi connectivity index (χ1v) is 7.14. The maximum atomic E-state index is 12.3. The van der Waals surface area contributed by atoms with Crippen LogP contribution >= 0.6 is 0 Å². The Labute approximate surface area is 118 Å². The molecule has 2 rings (SSSR count). The lowest BCUT2D eigenvalue weighted by Gasteiger charge is -2.38. The van der Waals surface area contributed by atoms with Gasteiger partial charge in [0.15, 0.2) is 0 Å². The van der Waals surface area contributed by atoms with Crippen LogP contribution in [0.25, 0.3) is 0 Å². The van der Waals surface area contributed by atoms with Gasteiger partial charge in [-0.15, -0.1) is 0 Å². The van der Waals surface area contributed by atoms with E-state index in [-0.39, 0.29) is 18.6 Å². The van der Waals surface area contributed by atoms with Crippen molar-refractivity contribution in [1.29, 1.82) is 0 Å². The van der Waals surface area contributed by atoms with Crippen molar-refractivity contribution in [3.8, 4) is 0 Å². The number of likely N-dealkylation sites (tertiary alicyclic amines) is 1. The Hall–Kier alpha value is -1.34. The minimum atomic E-state index is -0.824. The highest BCUT2D eigenvalue weighted by atomic mass is 16.4. The van der Waals surface area contributed by atoms with Crippen molar-refractivity contribution in [3.05, 3.63) is 0 Å². The average Bonchev–Trinajstić information content (AvgIpc) is 2.94. The zero-order valence-corrected chi connectivity index (χ0v) is 11.9. The molecule has 2 atom stereocenters. The molecule has 0 aromatic carbocycles. The second kappa shape index (κ2) is 6.41. The maximum Gasteiger partial charge on any atom is 0.320 e. The van der Waals surface area contributed by atoms with Crippen LogP contribution in [-0.2, 0) is 4.79 Å². The van der Waals surface area contributed by atoms with E-state index < -0.39 is 12.0 Å². The minimum absolute atomic E-state index is 0.0172. The molecule has 0 spiro atoms. The lowest BCUT2D eigenvalue weighted by atomic mass is 10.1. The van der Waals surface area contributed by atoms with Crippen LogP contribution < -0.4 is 0 Å². The fraction of sp³-hybridized carbons (Fsp3) is 0.846. The first-order chi connectivity index (χ1) is 9.52. The van der Waals surface area contributed by atoms with Crippen LogP contribution in [0.4, 0.5) is 4.79 Å². The van der Waals surface area contributed by atoms with Gasteiger partial charge in [-0.05, 0) is 13.3 Å². The Morgan fingerprint density at radius 3 is 2.30 bits per heavy atom. The summed E-state index contributed by atoms with van der Waals surface area (Å²) in [6, 6.07) is -0.485. The largest absolute Gasteiger partial charge is 0.480 e. The molecule has 20 heavy (non-hydrogen) atoms. The number of carbonyl (C=O) groups excluding carboxylic acids is 1. The Morgan fingerprint density at radius 1 is 1.15 bits per heavy atom. The Balaban J connectivity index is 1.82. The number of nitrogens with zero attached hydrogens (tertiary/aromatic N) is 3. The van der Waals surface area contributed by atoms with Gasteiger partial charge < -0.3 is 20.0 Å². The summed E-state index contributed by atoms with van der Waals surface area (Å²) in [5, 5.41) is 18.1. The molecule has 2 saturated heterocycles. The molecule has 2 amide bonds. The molecule has 2 aliphatic heterocycles. The van der Waals surface area contributed by atoms with Gasteiger partial charge >= 0.3 is 12.0 Å². The lowest BCUT2D eigenvalue weighted by Crippen LogP contribution is -2.55. The summed E-state index contributed by atoms with van der Waals surface area (Å²) < 4.78 is 0. The number of carboxylic acids is 1. The number of urea groups is 1. The van der Waals surface area contributed by atoms with Crippen molar-refractivity contribution >= 4 is 12.0 Å². The smallest absolute Gasteiger partial charge is 0.320 e. The maximum absolute atomic E-state index is 12.3. The summed E-state index contributed by atoms with van der Waals surface area (Å²) in [7, 11) is 0. The molecular formula is C13H23N3O4. The predicted molar refractivity (Wildman–Crippen MR) is 72.4 cm³/mol. The normalized spacial score (nSPS) is 25.8. The van der Waals surface area contributed by atoms with Crippen LogP contribution in [0, 0.1) is 5.92 Å². The molecule has 2 aliphatic rings. The Kier molecular flexibility index (Phi) is 4.82. The van der Waals surface area contributed by atoms with Crippen LogP contribution in [0.5, 0.6) is 0 Å². The summed E-state index contributed by atoms with van der Waals surface area (Å²) in [6.45, 7) is 5.46. The molecule has 0 aliphatic carbocycles. The number of carboxylic acid groups (broad SMARTS) is 1. The molecule has 2 N–H and O–H groups in total. The predicted octanol–water partition coefficient (Wildman–Crippen LogP) is -0.489. The first kappa shape index (κ1) is 15.1. The summed E-state index contributed by atoms with van der Waals surface area (Å²) in [6.07, 6.45) is 0.859. The number of aliphatic hydroxyl groups excluding tert-OH is 1. The fourth-order valence-electron chi connectivity index (χ4n) is 2.81. The molecule has 2 heterocycles. The topological polar surface area (TPSA) is 84.3 Å². The molecular weight excluding hydrogens is 262 g/mol. The Bertz CT molecular complexity index is 369. The Morgan fingerprint density at radius 2 is 1.80 bits per heavy atom. The fourth-order valence-corrected chi connectivity index (χ4v) is 2.81. The quantitative estimate of drug-likeness (QED) is 0.731. The molecule has 114 valence electrons. The van der Waals surface area contributed by atoms with E-state index in [2.05, 4.69) is 0 Å². The van der Waals surface area contributed by atoms with Crippen LogP contribution in [0.3, 0.4) is 0 Å². The lowest BCUT2D eigenvalue weighted by molar-refractivity contribution is -0.143. The zero-order valence-electron chi connectivity index (χ0n) is 11.9.